The summed E-state index contributed by atoms with van der Waals surface area (Å²) in [6.07, 6.45) is 1.92. The lowest BCUT2D eigenvalue weighted by Gasteiger charge is -2.10. The molecule has 0 aliphatic carbocycles. The molecule has 0 heterocycles. The highest BCUT2D eigenvalue weighted by Crippen LogP contribution is 2.29. The molecule has 1 N–H and O–H groups in total. The van der Waals surface area contributed by atoms with Crippen molar-refractivity contribution in [2.45, 2.75) is 38.5 Å². The van der Waals surface area contributed by atoms with Gasteiger partial charge in [0.2, 0.25) is 0 Å². The zero-order valence-corrected chi connectivity index (χ0v) is 15.4. The third-order valence-electron chi connectivity index (χ3n) is 2.99. The van der Waals surface area contributed by atoms with Gasteiger partial charge >= 0.3 is 0 Å². The number of hydrogen-bond donors (Lipinski definition) is 1. The smallest absolute Gasteiger partial charge is 0.262 e. The normalized spacial score (nSPS) is 11.7. The predicted octanol–water partition coefficient (Wildman–Crippen LogP) is 3.85. The maximum atomic E-state index is 12.1. The largest absolute Gasteiger partial charge is 0.352 e. The van der Waals surface area contributed by atoms with E-state index < -0.39 is 9.05 Å². The van der Waals surface area contributed by atoms with Gasteiger partial charge in [-0.1, -0.05) is 13.8 Å². The number of halogens is 2. The number of carbonyl (C=O) groups excluding carboxylic acids is 1. The van der Waals surface area contributed by atoms with Crippen LogP contribution in [0.4, 0.5) is 0 Å². The maximum absolute atomic E-state index is 12.1. The van der Waals surface area contributed by atoms with Crippen molar-refractivity contribution in [1.82, 2.24) is 5.32 Å². The molecule has 4 nitrogen and oxygen atoms in total. The quantitative estimate of drug-likeness (QED) is 0.587. The van der Waals surface area contributed by atoms with Gasteiger partial charge in [-0.05, 0) is 59.3 Å². The van der Waals surface area contributed by atoms with Crippen molar-refractivity contribution >= 4 is 41.6 Å². The number of nitrogens with one attached hydrogen (secondary N) is 1. The van der Waals surface area contributed by atoms with E-state index in [9.17, 15) is 13.2 Å². The van der Waals surface area contributed by atoms with Crippen LogP contribution in [0.1, 0.15) is 42.6 Å². The number of aryl methyl sites for hydroxylation is 1. The molecule has 21 heavy (non-hydrogen) atoms. The fourth-order valence-corrected chi connectivity index (χ4v) is 4.02. The van der Waals surface area contributed by atoms with Crippen LogP contribution in [0.25, 0.3) is 0 Å². The van der Waals surface area contributed by atoms with Crippen molar-refractivity contribution in [2.24, 2.45) is 5.92 Å². The summed E-state index contributed by atoms with van der Waals surface area (Å²) in [7, 11) is 1.48. The Kier molecular flexibility index (Phi) is 6.69. The molecule has 0 aromatic heterocycles. The van der Waals surface area contributed by atoms with Gasteiger partial charge in [0.25, 0.3) is 15.0 Å². The lowest BCUT2D eigenvalue weighted by Crippen LogP contribution is -2.25. The van der Waals surface area contributed by atoms with Gasteiger partial charge in [-0.3, -0.25) is 4.79 Å². The minimum atomic E-state index is -3.90. The molecule has 0 spiro atoms. The van der Waals surface area contributed by atoms with Crippen molar-refractivity contribution in [3.05, 3.63) is 27.7 Å². The first-order valence-electron chi connectivity index (χ1n) is 6.66. The average Bonchev–Trinajstić information content (AvgIpc) is 2.35. The fourth-order valence-electron chi connectivity index (χ4n) is 1.86. The summed E-state index contributed by atoms with van der Waals surface area (Å²) in [4.78, 5) is 12.0. The number of amides is 1. The van der Waals surface area contributed by atoms with Crippen LogP contribution in [0.15, 0.2) is 21.5 Å². The Morgan fingerprint density at radius 3 is 2.52 bits per heavy atom. The summed E-state index contributed by atoms with van der Waals surface area (Å²) in [5.74, 6) is 0.292. The van der Waals surface area contributed by atoms with Crippen LogP contribution in [-0.2, 0) is 9.05 Å². The van der Waals surface area contributed by atoms with Crippen molar-refractivity contribution in [3.63, 3.8) is 0 Å². The van der Waals surface area contributed by atoms with Gasteiger partial charge in [0, 0.05) is 27.3 Å². The highest BCUT2D eigenvalue weighted by molar-refractivity contribution is 9.10. The maximum Gasteiger partial charge on any atom is 0.262 e. The molecule has 0 aliphatic heterocycles. The predicted molar refractivity (Wildman–Crippen MR) is 88.3 cm³/mol. The molecule has 7 heteroatoms. The van der Waals surface area contributed by atoms with Crippen LogP contribution in [-0.4, -0.2) is 20.9 Å². The van der Waals surface area contributed by atoms with Crippen molar-refractivity contribution in [2.75, 3.05) is 6.54 Å². The topological polar surface area (TPSA) is 63.2 Å². The molecule has 1 rings (SSSR count). The van der Waals surface area contributed by atoms with Gasteiger partial charge in [0.05, 0.1) is 4.90 Å². The van der Waals surface area contributed by atoms with Crippen LogP contribution >= 0.6 is 26.6 Å². The van der Waals surface area contributed by atoms with Crippen LogP contribution in [0.3, 0.4) is 0 Å². The Bertz CT molecular complexity index is 629. The first-order valence-corrected chi connectivity index (χ1v) is 9.76. The third-order valence-corrected chi connectivity index (χ3v) is 5.65. The van der Waals surface area contributed by atoms with E-state index in [1.54, 1.807) is 13.0 Å². The summed E-state index contributed by atoms with van der Waals surface area (Å²) in [6, 6.07) is 2.92. The van der Waals surface area contributed by atoms with Crippen LogP contribution in [0, 0.1) is 12.8 Å². The van der Waals surface area contributed by atoms with Crippen LogP contribution in [0.2, 0.25) is 0 Å². The minimum Gasteiger partial charge on any atom is -0.352 e. The Balaban J connectivity index is 2.89. The zero-order chi connectivity index (χ0) is 16.2. The van der Waals surface area contributed by atoms with Crippen LogP contribution < -0.4 is 5.32 Å². The fraction of sp³-hybridized carbons (Fsp3) is 0.500. The SMILES string of the molecule is Cc1cc(C(=O)NCCCC(C)C)cc(S(=O)(=O)Cl)c1Br. The second-order valence-corrected chi connectivity index (χ2v) is 8.66. The molecule has 1 aromatic rings. The lowest BCUT2D eigenvalue weighted by molar-refractivity contribution is 0.0952. The number of hydrogen-bond acceptors (Lipinski definition) is 3. The second kappa shape index (κ2) is 7.61. The van der Waals surface area contributed by atoms with E-state index >= 15 is 0 Å². The van der Waals surface area contributed by atoms with Crippen molar-refractivity contribution in [1.29, 1.82) is 0 Å². The zero-order valence-electron chi connectivity index (χ0n) is 12.2. The standard InChI is InChI=1S/C14H19BrClNO3S/c1-9(2)5-4-6-17-14(18)11-7-10(3)13(15)12(8-11)21(16,19)20/h7-9H,4-6H2,1-3H3,(H,17,18). The molecule has 0 aliphatic rings. The molecule has 0 unspecified atom stereocenters. The Morgan fingerprint density at radius 1 is 1.38 bits per heavy atom. The highest BCUT2D eigenvalue weighted by Gasteiger charge is 2.19. The summed E-state index contributed by atoms with van der Waals surface area (Å²) >= 11 is 3.18. The highest BCUT2D eigenvalue weighted by atomic mass is 79.9. The monoisotopic (exact) mass is 395 g/mol. The lowest BCUT2D eigenvalue weighted by atomic mass is 10.1. The van der Waals surface area contributed by atoms with E-state index in [4.69, 9.17) is 10.7 Å². The molecular formula is C14H19BrClNO3S. The molecule has 0 bridgehead atoms. The summed E-state index contributed by atoms with van der Waals surface area (Å²) in [5, 5.41) is 2.79. The van der Waals surface area contributed by atoms with Crippen molar-refractivity contribution < 1.29 is 13.2 Å². The summed E-state index contributed by atoms with van der Waals surface area (Å²) in [5.41, 5.74) is 0.934. The summed E-state index contributed by atoms with van der Waals surface area (Å²) in [6.45, 7) is 6.52. The molecule has 0 fully saturated rings. The first kappa shape index (κ1) is 18.5. The van der Waals surface area contributed by atoms with Gasteiger partial charge in [0.1, 0.15) is 0 Å². The Morgan fingerprint density at radius 2 is 2.00 bits per heavy atom. The van der Waals surface area contributed by atoms with Gasteiger partial charge in [-0.2, -0.15) is 0 Å². The number of carbonyl (C=O) groups is 1. The molecular weight excluding hydrogens is 378 g/mol. The molecule has 0 radical (unpaired) electrons. The van der Waals surface area contributed by atoms with Gasteiger partial charge < -0.3 is 5.32 Å². The second-order valence-electron chi connectivity index (χ2n) is 5.34. The Labute approximate surface area is 138 Å². The number of rotatable bonds is 6. The molecule has 1 amide bonds. The van der Waals surface area contributed by atoms with E-state index in [0.29, 0.717) is 28.1 Å². The molecule has 0 saturated heterocycles. The van der Waals surface area contributed by atoms with E-state index in [-0.39, 0.29) is 10.8 Å². The number of benzene rings is 1. The molecule has 1 aromatic carbocycles. The summed E-state index contributed by atoms with van der Waals surface area (Å²) < 4.78 is 23.4. The molecule has 0 atom stereocenters. The van der Waals surface area contributed by atoms with E-state index in [1.807, 2.05) is 0 Å². The van der Waals surface area contributed by atoms with E-state index in [0.717, 1.165) is 12.8 Å². The van der Waals surface area contributed by atoms with Crippen molar-refractivity contribution in [3.8, 4) is 0 Å². The molecule has 0 saturated carbocycles. The Hall–Kier alpha value is -0.590. The van der Waals surface area contributed by atoms with Gasteiger partial charge in [-0.25, -0.2) is 8.42 Å². The first-order chi connectivity index (χ1) is 9.62. The van der Waals surface area contributed by atoms with Gasteiger partial charge in [-0.15, -0.1) is 0 Å². The van der Waals surface area contributed by atoms with E-state index in [2.05, 4.69) is 35.1 Å². The molecule has 118 valence electrons. The average molecular weight is 397 g/mol. The van der Waals surface area contributed by atoms with Crippen LogP contribution in [0.5, 0.6) is 0 Å². The van der Waals surface area contributed by atoms with Gasteiger partial charge in [0.15, 0.2) is 0 Å². The third kappa shape index (κ3) is 5.60. The van der Waals surface area contributed by atoms with E-state index in [1.165, 1.54) is 6.07 Å². The minimum absolute atomic E-state index is 0.0866.